The molecule has 0 amide bonds. The van der Waals surface area contributed by atoms with Crippen molar-refractivity contribution < 1.29 is 4.42 Å². The zero-order valence-electron chi connectivity index (χ0n) is 33.2. The van der Waals surface area contributed by atoms with Gasteiger partial charge in [0, 0.05) is 38.5 Å². The summed E-state index contributed by atoms with van der Waals surface area (Å²) in [4.78, 5) is 2.49. The molecule has 0 radical (unpaired) electrons. The monoisotopic (exact) mass is 775 g/mol. The van der Waals surface area contributed by atoms with Crippen LogP contribution in [0.25, 0.3) is 77.2 Å². The van der Waals surface area contributed by atoms with E-state index in [4.69, 9.17) is 4.42 Å². The molecule has 0 fully saturated rings. The Bertz CT molecular complexity index is 3490. The predicted octanol–water partition coefficient (Wildman–Crippen LogP) is 15.9. The lowest BCUT2D eigenvalue weighted by molar-refractivity contribution is 0.674. The van der Waals surface area contributed by atoms with Crippen LogP contribution < -0.4 is 4.90 Å². The van der Waals surface area contributed by atoms with Crippen molar-refractivity contribution in [2.45, 2.75) is 5.41 Å². The summed E-state index contributed by atoms with van der Waals surface area (Å²) in [5, 5.41) is 4.53. The number of hydrogen-bond donors (Lipinski definition) is 0. The van der Waals surface area contributed by atoms with Crippen LogP contribution in [0.1, 0.15) is 22.3 Å². The first-order valence-electron chi connectivity index (χ1n) is 21.1. The largest absolute Gasteiger partial charge is 0.455 e. The minimum Gasteiger partial charge on any atom is -0.455 e. The fraction of sp³-hybridized carbons (Fsp3) is 0.0169. The highest BCUT2D eigenvalue weighted by Crippen LogP contribution is 2.65. The van der Waals surface area contributed by atoms with Gasteiger partial charge in [-0.25, -0.2) is 0 Å². The standard InChI is InChI=1S/C59H37NO/c1-2-16-38(17-3-1)39-32-35-41(36-33-39)60(54-30-13-9-22-45(54)46-24-14-25-47-48-37-34-40-18-4-5-19-42(40)57(48)61-58(46)47)55-31-15-29-53-56(55)49-23-8-12-28-52(49)59(53)50-26-10-6-20-43(50)44-21-7-11-27-51(44)59/h1-37H. The fourth-order valence-corrected chi connectivity index (χ4v) is 10.8. The molecule has 0 aliphatic heterocycles. The highest BCUT2D eigenvalue weighted by Gasteiger charge is 2.52. The van der Waals surface area contributed by atoms with Crippen LogP contribution in [-0.2, 0) is 5.41 Å². The molecule has 2 heteroatoms. The topological polar surface area (TPSA) is 16.4 Å². The van der Waals surface area contributed by atoms with Crippen molar-refractivity contribution in [3.05, 3.63) is 247 Å². The third-order valence-corrected chi connectivity index (χ3v) is 13.3. The summed E-state index contributed by atoms with van der Waals surface area (Å²) in [6.07, 6.45) is 0. The Balaban J connectivity index is 1.09. The molecule has 2 aliphatic carbocycles. The van der Waals surface area contributed by atoms with Crippen molar-refractivity contribution in [3.8, 4) is 44.5 Å². The fourth-order valence-electron chi connectivity index (χ4n) is 10.8. The Morgan fingerprint density at radius 3 is 1.61 bits per heavy atom. The molecule has 1 spiro atoms. The zero-order chi connectivity index (χ0) is 40.1. The first-order valence-corrected chi connectivity index (χ1v) is 21.1. The van der Waals surface area contributed by atoms with E-state index in [1.54, 1.807) is 0 Å². The third-order valence-electron chi connectivity index (χ3n) is 13.3. The summed E-state index contributed by atoms with van der Waals surface area (Å²) < 4.78 is 6.99. The Labute approximate surface area is 354 Å². The van der Waals surface area contributed by atoms with E-state index in [0.29, 0.717) is 0 Å². The van der Waals surface area contributed by atoms with Crippen molar-refractivity contribution in [1.82, 2.24) is 0 Å². The van der Waals surface area contributed by atoms with Gasteiger partial charge in [0.1, 0.15) is 11.2 Å². The molecule has 0 saturated carbocycles. The number of nitrogens with zero attached hydrogens (tertiary/aromatic N) is 1. The summed E-state index contributed by atoms with van der Waals surface area (Å²) in [7, 11) is 0. The number of anilines is 3. The second-order valence-electron chi connectivity index (χ2n) is 16.3. The number of para-hydroxylation sites is 2. The van der Waals surface area contributed by atoms with Crippen LogP contribution in [0.5, 0.6) is 0 Å². The normalized spacial score (nSPS) is 13.0. The third kappa shape index (κ3) is 4.73. The Morgan fingerprint density at radius 2 is 0.836 bits per heavy atom. The molecule has 11 aromatic rings. The second-order valence-corrected chi connectivity index (χ2v) is 16.3. The summed E-state index contributed by atoms with van der Waals surface area (Å²) in [6.45, 7) is 0. The number of hydrogen-bond acceptors (Lipinski definition) is 2. The average Bonchev–Trinajstić information content (AvgIpc) is 3.97. The van der Waals surface area contributed by atoms with Crippen LogP contribution in [0.2, 0.25) is 0 Å². The Kier molecular flexibility index (Phi) is 7.26. The molecule has 10 aromatic carbocycles. The number of benzene rings is 10. The average molecular weight is 776 g/mol. The van der Waals surface area contributed by atoms with Crippen LogP contribution in [0.3, 0.4) is 0 Å². The molecule has 1 heterocycles. The summed E-state index contributed by atoms with van der Waals surface area (Å²) in [5.41, 5.74) is 19.6. The van der Waals surface area contributed by atoms with Gasteiger partial charge in [-0.2, -0.15) is 0 Å². The van der Waals surface area contributed by atoms with Crippen LogP contribution in [-0.4, -0.2) is 0 Å². The van der Waals surface area contributed by atoms with Crippen LogP contribution in [0.15, 0.2) is 229 Å². The van der Waals surface area contributed by atoms with Gasteiger partial charge in [0.2, 0.25) is 0 Å². The summed E-state index contributed by atoms with van der Waals surface area (Å²) in [5.74, 6) is 0. The van der Waals surface area contributed by atoms with Gasteiger partial charge in [0.25, 0.3) is 0 Å². The Hall–Kier alpha value is -7.94. The van der Waals surface area contributed by atoms with Crippen molar-refractivity contribution in [1.29, 1.82) is 0 Å². The van der Waals surface area contributed by atoms with E-state index < -0.39 is 5.41 Å². The van der Waals surface area contributed by atoms with E-state index in [2.05, 4.69) is 229 Å². The molecule has 0 atom stereocenters. The number of furan rings is 1. The molecule has 0 saturated heterocycles. The minimum absolute atomic E-state index is 0.458. The summed E-state index contributed by atoms with van der Waals surface area (Å²) in [6, 6.07) is 82.2. The molecule has 1 aromatic heterocycles. The van der Waals surface area contributed by atoms with E-state index >= 15 is 0 Å². The minimum atomic E-state index is -0.458. The number of rotatable bonds is 5. The molecule has 61 heavy (non-hydrogen) atoms. The van der Waals surface area contributed by atoms with Crippen molar-refractivity contribution in [3.63, 3.8) is 0 Å². The lowest BCUT2D eigenvalue weighted by Gasteiger charge is -2.32. The van der Waals surface area contributed by atoms with Crippen LogP contribution in [0, 0.1) is 0 Å². The van der Waals surface area contributed by atoms with Crippen LogP contribution >= 0.6 is 0 Å². The van der Waals surface area contributed by atoms with Gasteiger partial charge in [-0.1, -0.05) is 194 Å². The smallest absolute Gasteiger partial charge is 0.143 e. The van der Waals surface area contributed by atoms with Crippen molar-refractivity contribution >= 4 is 49.8 Å². The van der Waals surface area contributed by atoms with Gasteiger partial charge in [-0.05, 0) is 85.8 Å². The molecular formula is C59H37NO. The predicted molar refractivity (Wildman–Crippen MR) is 253 cm³/mol. The molecular weight excluding hydrogens is 739 g/mol. The van der Waals surface area contributed by atoms with Gasteiger partial charge in [0.05, 0.1) is 16.8 Å². The van der Waals surface area contributed by atoms with E-state index in [0.717, 1.165) is 55.5 Å². The number of fused-ring (bicyclic) bond motifs is 15. The molecule has 0 bridgehead atoms. The molecule has 0 unspecified atom stereocenters. The van der Waals surface area contributed by atoms with E-state index in [9.17, 15) is 0 Å². The van der Waals surface area contributed by atoms with Gasteiger partial charge in [-0.3, -0.25) is 0 Å². The van der Waals surface area contributed by atoms with E-state index in [-0.39, 0.29) is 0 Å². The highest BCUT2D eigenvalue weighted by atomic mass is 16.3. The summed E-state index contributed by atoms with van der Waals surface area (Å²) >= 11 is 0. The maximum absolute atomic E-state index is 6.99. The maximum Gasteiger partial charge on any atom is 0.143 e. The van der Waals surface area contributed by atoms with Crippen molar-refractivity contribution in [2.24, 2.45) is 0 Å². The van der Waals surface area contributed by atoms with Gasteiger partial charge < -0.3 is 9.32 Å². The molecule has 2 nitrogen and oxygen atoms in total. The first kappa shape index (κ1) is 34.0. The van der Waals surface area contributed by atoms with E-state index in [1.807, 2.05) is 0 Å². The quantitative estimate of drug-likeness (QED) is 0.173. The molecule has 2 aliphatic rings. The van der Waals surface area contributed by atoms with Gasteiger partial charge in [-0.15, -0.1) is 0 Å². The zero-order valence-corrected chi connectivity index (χ0v) is 33.2. The first-order chi connectivity index (χ1) is 30.3. The highest BCUT2D eigenvalue weighted by molar-refractivity contribution is 6.18. The Morgan fingerprint density at radius 1 is 0.311 bits per heavy atom. The lowest BCUT2D eigenvalue weighted by atomic mass is 9.70. The molecule has 13 rings (SSSR count). The van der Waals surface area contributed by atoms with Crippen molar-refractivity contribution in [2.75, 3.05) is 4.90 Å². The van der Waals surface area contributed by atoms with E-state index in [1.165, 1.54) is 61.0 Å². The molecule has 0 N–H and O–H groups in total. The van der Waals surface area contributed by atoms with Gasteiger partial charge in [0.15, 0.2) is 0 Å². The van der Waals surface area contributed by atoms with Crippen LogP contribution in [0.4, 0.5) is 17.1 Å². The van der Waals surface area contributed by atoms with Gasteiger partial charge >= 0.3 is 0 Å². The molecule has 284 valence electrons. The SMILES string of the molecule is c1ccc(-c2ccc(N(c3ccccc3-c3cccc4c3oc3c5ccccc5ccc43)c3cccc4c3-c3ccccc3C43c4ccccc4-c4ccccc43)cc2)cc1. The lowest BCUT2D eigenvalue weighted by Crippen LogP contribution is -2.26. The second kappa shape index (κ2) is 13.0. The maximum atomic E-state index is 6.99.